The summed E-state index contributed by atoms with van der Waals surface area (Å²) in [5, 5.41) is 8.43. The Labute approximate surface area is 131 Å². The molecule has 0 unspecified atom stereocenters. The Balaban J connectivity index is 0. The van der Waals surface area contributed by atoms with E-state index in [0.717, 1.165) is 13.0 Å². The Morgan fingerprint density at radius 2 is 1.43 bits per heavy atom. The van der Waals surface area contributed by atoms with Crippen LogP contribution in [0.5, 0.6) is 0 Å². The number of hydrogen-bond acceptors (Lipinski definition) is 4. The van der Waals surface area contributed by atoms with Gasteiger partial charge in [0.1, 0.15) is 11.6 Å². The van der Waals surface area contributed by atoms with Gasteiger partial charge in [0.05, 0.1) is 0 Å². The van der Waals surface area contributed by atoms with Crippen molar-refractivity contribution in [1.29, 1.82) is 0 Å². The van der Waals surface area contributed by atoms with Gasteiger partial charge in [0.25, 0.3) is 0 Å². The first-order valence-corrected chi connectivity index (χ1v) is 10.6. The molecular weight excluding hydrogens is 284 g/mol. The Morgan fingerprint density at radius 1 is 1.00 bits per heavy atom. The molecule has 0 saturated heterocycles. The van der Waals surface area contributed by atoms with Gasteiger partial charge in [0.2, 0.25) is 0 Å². The maximum Gasteiger partial charge on any atom is 0.191 e. The van der Waals surface area contributed by atoms with Gasteiger partial charge in [0.15, 0.2) is 8.32 Å². The van der Waals surface area contributed by atoms with Crippen LogP contribution in [0.1, 0.15) is 60.3 Å². The maximum absolute atomic E-state index is 10.7. The van der Waals surface area contributed by atoms with E-state index in [1.54, 1.807) is 6.92 Å². The van der Waals surface area contributed by atoms with E-state index in [1.165, 1.54) is 6.92 Å². The number of aliphatic hydroxyl groups excluding tert-OH is 1. The van der Waals surface area contributed by atoms with Crippen LogP contribution in [-0.2, 0) is 14.0 Å². The molecule has 126 valence electrons. The van der Waals surface area contributed by atoms with Crippen molar-refractivity contribution in [2.24, 2.45) is 0 Å². The highest BCUT2D eigenvalue weighted by molar-refractivity contribution is 6.74. The lowest BCUT2D eigenvalue weighted by molar-refractivity contribution is -0.118. The average Bonchev–Trinajstić information content (AvgIpc) is 2.31. The molecule has 0 heterocycles. The largest absolute Gasteiger partial charge is 0.417 e. The van der Waals surface area contributed by atoms with Crippen molar-refractivity contribution in [2.75, 3.05) is 13.2 Å². The van der Waals surface area contributed by atoms with Crippen LogP contribution in [0.3, 0.4) is 0 Å². The standard InChI is InChI=1S/C11H24O2Si.C5H10O2/c1-10(12)8-7-9-13-14(5,6)11(2,3)4;1-5(7)3-2-4-6/h7-9H2,1-6H3;6H,2-4H2,1H3. The van der Waals surface area contributed by atoms with Crippen molar-refractivity contribution in [3.63, 3.8) is 0 Å². The second-order valence-corrected chi connectivity index (χ2v) is 11.8. The predicted octanol–water partition coefficient (Wildman–Crippen LogP) is 3.73. The number of hydrogen-bond donors (Lipinski definition) is 1. The molecule has 0 rings (SSSR count). The summed E-state index contributed by atoms with van der Waals surface area (Å²) in [6.07, 6.45) is 2.63. The highest BCUT2D eigenvalue weighted by Crippen LogP contribution is 2.36. The zero-order chi connectivity index (χ0) is 17.1. The number of carbonyl (C=O) groups excluding carboxylic acids is 2. The van der Waals surface area contributed by atoms with Crippen molar-refractivity contribution in [3.05, 3.63) is 0 Å². The minimum Gasteiger partial charge on any atom is -0.417 e. The molecule has 0 fully saturated rings. The number of ketones is 2. The molecule has 0 spiro atoms. The van der Waals surface area contributed by atoms with Gasteiger partial charge in [-0.15, -0.1) is 0 Å². The van der Waals surface area contributed by atoms with Gasteiger partial charge in [-0.1, -0.05) is 20.8 Å². The van der Waals surface area contributed by atoms with Crippen LogP contribution in [-0.4, -0.2) is 38.2 Å². The Morgan fingerprint density at radius 3 is 1.71 bits per heavy atom. The van der Waals surface area contributed by atoms with E-state index in [4.69, 9.17) is 9.53 Å². The van der Waals surface area contributed by atoms with Crippen molar-refractivity contribution in [3.8, 4) is 0 Å². The lowest BCUT2D eigenvalue weighted by Gasteiger charge is -2.36. The summed E-state index contributed by atoms with van der Waals surface area (Å²) in [4.78, 5) is 20.8. The summed E-state index contributed by atoms with van der Waals surface area (Å²) < 4.78 is 5.93. The van der Waals surface area contributed by atoms with E-state index in [0.29, 0.717) is 19.3 Å². The fraction of sp³-hybridized carbons (Fsp3) is 0.875. The summed E-state index contributed by atoms with van der Waals surface area (Å²) in [7, 11) is -1.59. The monoisotopic (exact) mass is 318 g/mol. The van der Waals surface area contributed by atoms with Crippen LogP contribution in [0.25, 0.3) is 0 Å². The van der Waals surface area contributed by atoms with Gasteiger partial charge in [-0.2, -0.15) is 0 Å². The molecule has 0 radical (unpaired) electrons. The van der Waals surface area contributed by atoms with Crippen LogP contribution in [0.4, 0.5) is 0 Å². The summed E-state index contributed by atoms with van der Waals surface area (Å²) in [6.45, 7) is 15.2. The minimum absolute atomic E-state index is 0.125. The quantitative estimate of drug-likeness (QED) is 0.547. The SMILES string of the molecule is CC(=O)CCCO.CC(=O)CCCO[Si](C)(C)C(C)(C)C. The molecule has 0 aliphatic heterocycles. The fourth-order valence-electron chi connectivity index (χ4n) is 1.19. The van der Waals surface area contributed by atoms with Gasteiger partial charge >= 0.3 is 0 Å². The average molecular weight is 319 g/mol. The van der Waals surface area contributed by atoms with Crippen LogP contribution < -0.4 is 0 Å². The molecule has 0 amide bonds. The van der Waals surface area contributed by atoms with E-state index in [1.807, 2.05) is 0 Å². The van der Waals surface area contributed by atoms with E-state index in [-0.39, 0.29) is 23.2 Å². The third kappa shape index (κ3) is 14.2. The second kappa shape index (κ2) is 11.1. The van der Waals surface area contributed by atoms with E-state index < -0.39 is 8.32 Å². The number of Topliss-reactive ketones (excluding diaryl/α,β-unsaturated/α-hetero) is 2. The van der Waals surface area contributed by atoms with Crippen molar-refractivity contribution >= 4 is 19.9 Å². The topological polar surface area (TPSA) is 63.6 Å². The number of carbonyl (C=O) groups is 2. The Kier molecular flexibility index (Phi) is 12.0. The zero-order valence-electron chi connectivity index (χ0n) is 14.9. The van der Waals surface area contributed by atoms with Gasteiger partial charge in [-0.25, -0.2) is 0 Å². The Hall–Kier alpha value is -0.523. The van der Waals surface area contributed by atoms with Crippen LogP contribution >= 0.6 is 0 Å². The van der Waals surface area contributed by atoms with Crippen molar-refractivity contribution in [2.45, 2.75) is 78.4 Å². The highest BCUT2D eigenvalue weighted by Gasteiger charge is 2.36. The molecule has 0 aromatic rings. The lowest BCUT2D eigenvalue weighted by atomic mass is 10.2. The van der Waals surface area contributed by atoms with Gasteiger partial charge in [-0.3, -0.25) is 0 Å². The molecule has 4 nitrogen and oxygen atoms in total. The molecule has 0 saturated carbocycles. The van der Waals surface area contributed by atoms with Crippen molar-refractivity contribution in [1.82, 2.24) is 0 Å². The smallest absolute Gasteiger partial charge is 0.191 e. The normalized spacial score (nSPS) is 11.6. The van der Waals surface area contributed by atoms with Crippen LogP contribution in [0, 0.1) is 0 Å². The predicted molar refractivity (Wildman–Crippen MR) is 90.1 cm³/mol. The second-order valence-electron chi connectivity index (χ2n) is 6.94. The lowest BCUT2D eigenvalue weighted by Crippen LogP contribution is -2.41. The molecule has 1 N–H and O–H groups in total. The Bertz CT molecular complexity index is 306. The number of aliphatic hydroxyl groups is 1. The maximum atomic E-state index is 10.7. The third-order valence-electron chi connectivity index (χ3n) is 3.63. The molecule has 0 aliphatic carbocycles. The van der Waals surface area contributed by atoms with E-state index in [2.05, 4.69) is 33.9 Å². The third-order valence-corrected chi connectivity index (χ3v) is 8.17. The van der Waals surface area contributed by atoms with Crippen LogP contribution in [0.15, 0.2) is 0 Å². The van der Waals surface area contributed by atoms with E-state index >= 15 is 0 Å². The molecule has 0 aromatic heterocycles. The fourth-order valence-corrected chi connectivity index (χ4v) is 2.28. The van der Waals surface area contributed by atoms with Gasteiger partial charge < -0.3 is 19.1 Å². The molecule has 0 atom stereocenters. The molecule has 0 aromatic carbocycles. The van der Waals surface area contributed by atoms with E-state index in [9.17, 15) is 9.59 Å². The highest BCUT2D eigenvalue weighted by atomic mass is 28.4. The molecule has 21 heavy (non-hydrogen) atoms. The first-order chi connectivity index (χ1) is 9.44. The molecule has 0 bridgehead atoms. The first kappa shape index (κ1) is 22.8. The summed E-state index contributed by atoms with van der Waals surface area (Å²) >= 11 is 0. The molecular formula is C16H34O4Si. The number of rotatable bonds is 8. The first-order valence-electron chi connectivity index (χ1n) is 7.67. The molecule has 5 heteroatoms. The zero-order valence-corrected chi connectivity index (χ0v) is 15.9. The van der Waals surface area contributed by atoms with Gasteiger partial charge in [-0.05, 0) is 44.8 Å². The summed E-state index contributed by atoms with van der Waals surface area (Å²) in [5.74, 6) is 0.401. The summed E-state index contributed by atoms with van der Waals surface area (Å²) in [6, 6.07) is 0. The summed E-state index contributed by atoms with van der Waals surface area (Å²) in [5.41, 5.74) is 0. The van der Waals surface area contributed by atoms with Crippen LogP contribution in [0.2, 0.25) is 18.1 Å². The minimum atomic E-state index is -1.59. The van der Waals surface area contributed by atoms with Gasteiger partial charge in [0, 0.05) is 26.1 Å². The van der Waals surface area contributed by atoms with Crippen molar-refractivity contribution < 1.29 is 19.1 Å². The molecule has 0 aliphatic rings.